The molecule has 0 heterocycles. The number of methoxy groups -OCH3 is 1. The zero-order valence-corrected chi connectivity index (χ0v) is 12.5. The molecule has 0 bridgehead atoms. The lowest BCUT2D eigenvalue weighted by atomic mass is 10.2. The molecular weight excluding hydrogens is 345 g/mol. The fourth-order valence-electron chi connectivity index (χ4n) is 1.16. The molecule has 1 aromatic carbocycles. The summed E-state index contributed by atoms with van der Waals surface area (Å²) in [7, 11) is 1.23. The smallest absolute Gasteiger partial charge is 0.325 e. The van der Waals surface area contributed by atoms with Crippen molar-refractivity contribution in [1.82, 2.24) is 5.32 Å². The molecule has 0 spiro atoms. The molecule has 0 saturated carbocycles. The number of amides is 1. The number of rotatable bonds is 4. The Hall–Kier alpha value is -0.780. The quantitative estimate of drug-likeness (QED) is 0.668. The average Bonchev–Trinajstić information content (AvgIpc) is 2.37. The molecule has 0 fully saturated rings. The van der Waals surface area contributed by atoms with E-state index in [1.807, 2.05) is 0 Å². The van der Waals surface area contributed by atoms with Crippen molar-refractivity contribution in [2.45, 2.75) is 5.38 Å². The third kappa shape index (κ3) is 4.15. The van der Waals surface area contributed by atoms with Crippen LogP contribution in [0.2, 0.25) is 5.02 Å². The molecule has 1 amide bonds. The van der Waals surface area contributed by atoms with Gasteiger partial charge in [-0.1, -0.05) is 27.5 Å². The minimum atomic E-state index is -0.926. The van der Waals surface area contributed by atoms with E-state index in [-0.39, 0.29) is 6.54 Å². The number of nitrogens with one attached hydrogen (secondary N) is 1. The Labute approximate surface area is 123 Å². The minimum Gasteiger partial charge on any atom is -0.468 e. The maximum Gasteiger partial charge on any atom is 0.325 e. The van der Waals surface area contributed by atoms with Crippen LogP contribution in [0.5, 0.6) is 0 Å². The van der Waals surface area contributed by atoms with Crippen LogP contribution in [0.1, 0.15) is 10.4 Å². The molecule has 1 rings (SSSR count). The summed E-state index contributed by atoms with van der Waals surface area (Å²) < 4.78 is 5.17. The normalized spacial score (nSPS) is 11.8. The van der Waals surface area contributed by atoms with E-state index in [0.717, 1.165) is 4.47 Å². The zero-order chi connectivity index (χ0) is 13.7. The number of esters is 1. The van der Waals surface area contributed by atoms with Gasteiger partial charge in [0, 0.05) is 11.0 Å². The lowest BCUT2D eigenvalue weighted by Gasteiger charge is -2.10. The molecule has 18 heavy (non-hydrogen) atoms. The fourth-order valence-corrected chi connectivity index (χ4v) is 1.89. The second kappa shape index (κ2) is 6.97. The van der Waals surface area contributed by atoms with E-state index >= 15 is 0 Å². The monoisotopic (exact) mass is 353 g/mol. The van der Waals surface area contributed by atoms with Gasteiger partial charge in [-0.2, -0.15) is 0 Å². The number of hydrogen-bond acceptors (Lipinski definition) is 3. The molecule has 0 saturated heterocycles. The van der Waals surface area contributed by atoms with Gasteiger partial charge in [-0.25, -0.2) is 0 Å². The van der Waals surface area contributed by atoms with Crippen molar-refractivity contribution < 1.29 is 14.3 Å². The summed E-state index contributed by atoms with van der Waals surface area (Å²) in [5.74, 6) is -1.01. The Bertz CT molecular complexity index is 468. The molecule has 1 atom stereocenters. The summed E-state index contributed by atoms with van der Waals surface area (Å²) in [6.07, 6.45) is 0. The zero-order valence-electron chi connectivity index (χ0n) is 9.38. The number of carbonyl (C=O) groups excluding carboxylic acids is 2. The van der Waals surface area contributed by atoms with Crippen molar-refractivity contribution in [3.8, 4) is 0 Å². The second-order valence-electron chi connectivity index (χ2n) is 3.32. The van der Waals surface area contributed by atoms with Gasteiger partial charge in [0.15, 0.2) is 0 Å². The van der Waals surface area contributed by atoms with E-state index in [9.17, 15) is 9.59 Å². The van der Waals surface area contributed by atoms with E-state index in [0.29, 0.717) is 10.6 Å². The summed E-state index contributed by atoms with van der Waals surface area (Å²) in [6.45, 7) is -0.0318. The highest BCUT2D eigenvalue weighted by molar-refractivity contribution is 9.10. The van der Waals surface area contributed by atoms with Crippen molar-refractivity contribution >= 4 is 51.0 Å². The molecule has 0 aliphatic rings. The molecule has 0 aliphatic carbocycles. The SMILES string of the molecule is COC(=O)C(Cl)CNC(=O)c1cc(Br)ccc1Cl. The van der Waals surface area contributed by atoms with Crippen molar-refractivity contribution in [3.05, 3.63) is 33.3 Å². The van der Waals surface area contributed by atoms with Crippen LogP contribution in [-0.2, 0) is 9.53 Å². The van der Waals surface area contributed by atoms with Crippen LogP contribution in [0.25, 0.3) is 0 Å². The molecule has 1 N–H and O–H groups in total. The Morgan fingerprint density at radius 3 is 2.78 bits per heavy atom. The molecule has 1 unspecified atom stereocenters. The van der Waals surface area contributed by atoms with Gasteiger partial charge in [-0.15, -0.1) is 11.6 Å². The van der Waals surface area contributed by atoms with E-state index < -0.39 is 17.3 Å². The molecule has 4 nitrogen and oxygen atoms in total. The highest BCUT2D eigenvalue weighted by Gasteiger charge is 2.18. The summed E-state index contributed by atoms with van der Waals surface area (Å²) in [5, 5.41) is 1.90. The Morgan fingerprint density at radius 2 is 2.17 bits per heavy atom. The first-order valence-corrected chi connectivity index (χ1v) is 6.51. The van der Waals surface area contributed by atoms with Crippen LogP contribution < -0.4 is 5.32 Å². The van der Waals surface area contributed by atoms with Crippen molar-refractivity contribution in [1.29, 1.82) is 0 Å². The van der Waals surface area contributed by atoms with E-state index in [2.05, 4.69) is 26.0 Å². The highest BCUT2D eigenvalue weighted by atomic mass is 79.9. The van der Waals surface area contributed by atoms with Crippen LogP contribution in [0, 0.1) is 0 Å². The third-order valence-corrected chi connectivity index (χ3v) is 3.23. The Morgan fingerprint density at radius 1 is 1.50 bits per heavy atom. The molecule has 1 aromatic rings. The van der Waals surface area contributed by atoms with Gasteiger partial charge in [0.25, 0.3) is 5.91 Å². The summed E-state index contributed by atoms with van der Waals surface area (Å²) in [5.41, 5.74) is 0.305. The van der Waals surface area contributed by atoms with Crippen LogP contribution in [0.4, 0.5) is 0 Å². The van der Waals surface area contributed by atoms with Gasteiger partial charge in [-0.05, 0) is 18.2 Å². The fraction of sp³-hybridized carbons (Fsp3) is 0.273. The second-order valence-corrected chi connectivity index (χ2v) is 5.17. The van der Waals surface area contributed by atoms with Crippen LogP contribution >= 0.6 is 39.1 Å². The summed E-state index contributed by atoms with van der Waals surface area (Å²) in [6, 6.07) is 4.90. The topological polar surface area (TPSA) is 55.4 Å². The predicted molar refractivity (Wildman–Crippen MR) is 73.1 cm³/mol. The first-order chi connectivity index (χ1) is 8.45. The van der Waals surface area contributed by atoms with Crippen LogP contribution in [0.3, 0.4) is 0 Å². The van der Waals surface area contributed by atoms with Crippen molar-refractivity contribution in [3.63, 3.8) is 0 Å². The summed E-state index contributed by atoms with van der Waals surface area (Å²) in [4.78, 5) is 22.8. The largest absolute Gasteiger partial charge is 0.468 e. The maximum atomic E-state index is 11.8. The van der Waals surface area contributed by atoms with Gasteiger partial charge in [0.1, 0.15) is 5.38 Å². The number of alkyl halides is 1. The molecule has 98 valence electrons. The predicted octanol–water partition coefficient (Wildman–Crippen LogP) is 2.61. The summed E-state index contributed by atoms with van der Waals surface area (Å²) >= 11 is 14.8. The molecule has 0 radical (unpaired) electrons. The van der Waals surface area contributed by atoms with Crippen molar-refractivity contribution in [2.75, 3.05) is 13.7 Å². The number of carbonyl (C=O) groups is 2. The number of ether oxygens (including phenoxy) is 1. The van der Waals surface area contributed by atoms with Gasteiger partial charge in [0.2, 0.25) is 0 Å². The first-order valence-electron chi connectivity index (χ1n) is 4.91. The van der Waals surface area contributed by atoms with Crippen LogP contribution in [-0.4, -0.2) is 30.9 Å². The maximum absolute atomic E-state index is 11.8. The number of hydrogen-bond donors (Lipinski definition) is 1. The molecular formula is C11H10BrCl2NO3. The molecule has 0 aliphatic heterocycles. The van der Waals surface area contributed by atoms with Crippen LogP contribution in [0.15, 0.2) is 22.7 Å². The van der Waals surface area contributed by atoms with Gasteiger partial charge < -0.3 is 10.1 Å². The standard InChI is InChI=1S/C11H10BrCl2NO3/c1-18-11(17)9(14)5-15-10(16)7-4-6(12)2-3-8(7)13/h2-4,9H,5H2,1H3,(H,15,16). The lowest BCUT2D eigenvalue weighted by molar-refractivity contribution is -0.140. The minimum absolute atomic E-state index is 0.0318. The highest BCUT2D eigenvalue weighted by Crippen LogP contribution is 2.20. The van der Waals surface area contributed by atoms with Gasteiger partial charge in [0.05, 0.1) is 17.7 Å². The lowest BCUT2D eigenvalue weighted by Crippen LogP contribution is -2.34. The van der Waals surface area contributed by atoms with Gasteiger partial charge >= 0.3 is 5.97 Å². The average molecular weight is 355 g/mol. The van der Waals surface area contributed by atoms with Crippen molar-refractivity contribution in [2.24, 2.45) is 0 Å². The number of benzene rings is 1. The van der Waals surface area contributed by atoms with E-state index in [4.69, 9.17) is 23.2 Å². The third-order valence-electron chi connectivity index (χ3n) is 2.07. The van der Waals surface area contributed by atoms with E-state index in [1.54, 1.807) is 18.2 Å². The molecule has 0 aromatic heterocycles. The Kier molecular flexibility index (Phi) is 5.91. The number of halogens is 3. The first kappa shape index (κ1) is 15.3. The Balaban J connectivity index is 2.66. The molecule has 7 heteroatoms. The van der Waals surface area contributed by atoms with Gasteiger partial charge in [-0.3, -0.25) is 9.59 Å². The van der Waals surface area contributed by atoms with E-state index in [1.165, 1.54) is 7.11 Å².